The fourth-order valence-corrected chi connectivity index (χ4v) is 1.99. The van der Waals surface area contributed by atoms with Crippen molar-refractivity contribution in [1.29, 1.82) is 0 Å². The maximum absolute atomic E-state index is 13.1. The minimum atomic E-state index is -2.96. The monoisotopic (exact) mass is 306 g/mol. The molecule has 0 saturated carbocycles. The maximum atomic E-state index is 13.1. The zero-order valence-corrected chi connectivity index (χ0v) is 12.3. The molecule has 1 amide bonds. The van der Waals surface area contributed by atoms with Gasteiger partial charge in [0, 0.05) is 30.8 Å². The smallest absolute Gasteiger partial charge is 0.274 e. The second-order valence-corrected chi connectivity index (χ2v) is 4.93. The van der Waals surface area contributed by atoms with E-state index in [4.69, 9.17) is 0 Å². The van der Waals surface area contributed by atoms with Crippen LogP contribution in [0, 0.1) is 0 Å². The van der Waals surface area contributed by atoms with Gasteiger partial charge >= 0.3 is 0 Å². The van der Waals surface area contributed by atoms with E-state index in [-0.39, 0.29) is 22.4 Å². The Kier molecular flexibility index (Phi) is 4.40. The van der Waals surface area contributed by atoms with E-state index in [1.54, 1.807) is 12.3 Å². The van der Waals surface area contributed by atoms with E-state index in [0.717, 1.165) is 6.92 Å². The maximum Gasteiger partial charge on any atom is 0.274 e. The summed E-state index contributed by atoms with van der Waals surface area (Å²) in [5.74, 6) is -3.47. The molecule has 0 bridgehead atoms. The molecule has 0 aliphatic heterocycles. The first-order valence-electron chi connectivity index (χ1n) is 6.82. The van der Waals surface area contributed by atoms with Gasteiger partial charge in [-0.2, -0.15) is 0 Å². The molecule has 116 valence electrons. The first kappa shape index (κ1) is 15.9. The van der Waals surface area contributed by atoms with Crippen LogP contribution in [-0.4, -0.2) is 10.5 Å². The molecule has 2 rings (SSSR count). The Bertz CT molecular complexity index is 731. The van der Waals surface area contributed by atoms with Crippen molar-refractivity contribution in [2.75, 3.05) is 5.32 Å². The molecule has 1 heterocycles. The molecule has 0 unspecified atom stereocenters. The number of amides is 1. The lowest BCUT2D eigenvalue weighted by molar-refractivity contribution is 0.0174. The number of nitrogens with one attached hydrogen (secondary N) is 1. The minimum absolute atomic E-state index is 0.152. The number of nitrogens with zero attached hydrogens (tertiary/aromatic N) is 1. The lowest BCUT2D eigenvalue weighted by Crippen LogP contribution is -2.25. The van der Waals surface area contributed by atoms with Crippen LogP contribution in [0.3, 0.4) is 0 Å². The van der Waals surface area contributed by atoms with Crippen molar-refractivity contribution in [3.63, 3.8) is 0 Å². The predicted molar refractivity (Wildman–Crippen MR) is 80.3 cm³/mol. The van der Waals surface area contributed by atoms with Crippen LogP contribution in [0.25, 0.3) is 0 Å². The van der Waals surface area contributed by atoms with Crippen LogP contribution in [0.15, 0.2) is 47.4 Å². The number of benzene rings is 1. The molecular formula is C16H16F2N2O2. The number of hydrogen-bond donors (Lipinski definition) is 1. The molecule has 1 N–H and O–H groups in total. The second kappa shape index (κ2) is 6.09. The highest BCUT2D eigenvalue weighted by molar-refractivity contribution is 6.04. The van der Waals surface area contributed by atoms with Gasteiger partial charge in [-0.3, -0.25) is 9.59 Å². The van der Waals surface area contributed by atoms with Crippen LogP contribution >= 0.6 is 0 Å². The van der Waals surface area contributed by atoms with E-state index in [9.17, 15) is 18.4 Å². The molecule has 22 heavy (non-hydrogen) atoms. The first-order chi connectivity index (χ1) is 10.3. The number of anilines is 1. The van der Waals surface area contributed by atoms with Crippen molar-refractivity contribution in [3.8, 4) is 0 Å². The normalized spacial score (nSPS) is 11.3. The Morgan fingerprint density at radius 2 is 1.86 bits per heavy atom. The molecule has 2 aromatic rings. The lowest BCUT2D eigenvalue weighted by Gasteiger charge is -2.11. The third-order valence-electron chi connectivity index (χ3n) is 3.26. The summed E-state index contributed by atoms with van der Waals surface area (Å²) in [5.41, 5.74) is -0.120. The zero-order valence-electron chi connectivity index (χ0n) is 12.3. The number of alkyl halides is 2. The van der Waals surface area contributed by atoms with Crippen LogP contribution in [0.2, 0.25) is 0 Å². The summed E-state index contributed by atoms with van der Waals surface area (Å²) in [6.45, 7) is 3.10. The van der Waals surface area contributed by atoms with Gasteiger partial charge in [0.05, 0.1) is 0 Å². The van der Waals surface area contributed by atoms with Crippen molar-refractivity contribution < 1.29 is 13.6 Å². The first-order valence-corrected chi connectivity index (χ1v) is 6.82. The van der Waals surface area contributed by atoms with Gasteiger partial charge in [-0.15, -0.1) is 0 Å². The van der Waals surface area contributed by atoms with Crippen LogP contribution in [-0.2, 0) is 12.5 Å². The third kappa shape index (κ3) is 3.39. The van der Waals surface area contributed by atoms with E-state index in [1.165, 1.54) is 34.9 Å². The number of carbonyl (C=O) groups excluding carboxylic acids is 1. The number of carbonyl (C=O) groups is 1. The van der Waals surface area contributed by atoms with E-state index >= 15 is 0 Å². The summed E-state index contributed by atoms with van der Waals surface area (Å²) in [5, 5.41) is 2.50. The van der Waals surface area contributed by atoms with Crippen LogP contribution in [0.1, 0.15) is 29.8 Å². The van der Waals surface area contributed by atoms with Crippen molar-refractivity contribution in [3.05, 3.63) is 64.1 Å². The predicted octanol–water partition coefficient (Wildman–Crippen LogP) is 3.23. The van der Waals surface area contributed by atoms with Crippen LogP contribution in [0.4, 0.5) is 14.5 Å². The summed E-state index contributed by atoms with van der Waals surface area (Å²) >= 11 is 0. The van der Waals surface area contributed by atoms with Gasteiger partial charge in [0.2, 0.25) is 0 Å². The van der Waals surface area contributed by atoms with E-state index in [1.807, 2.05) is 6.92 Å². The average molecular weight is 306 g/mol. The van der Waals surface area contributed by atoms with Gasteiger partial charge in [0.1, 0.15) is 5.69 Å². The number of hydrogen-bond acceptors (Lipinski definition) is 2. The fraction of sp³-hybridized carbons (Fsp3) is 0.250. The molecule has 0 aliphatic carbocycles. The number of halogens is 2. The van der Waals surface area contributed by atoms with Gasteiger partial charge in [-0.05, 0) is 31.2 Å². The van der Waals surface area contributed by atoms with Crippen molar-refractivity contribution >= 4 is 11.6 Å². The molecule has 0 fully saturated rings. The Labute approximate surface area is 126 Å². The summed E-state index contributed by atoms with van der Waals surface area (Å²) in [4.78, 5) is 24.1. The Balaban J connectivity index is 2.21. The highest BCUT2D eigenvalue weighted by Gasteiger charge is 2.24. The molecule has 1 aromatic carbocycles. The number of rotatable bonds is 4. The molecule has 6 heteroatoms. The Hall–Kier alpha value is -2.50. The van der Waals surface area contributed by atoms with Crippen molar-refractivity contribution in [2.24, 2.45) is 0 Å². The topological polar surface area (TPSA) is 51.1 Å². The molecule has 4 nitrogen and oxygen atoms in total. The fourth-order valence-electron chi connectivity index (χ4n) is 1.99. The van der Waals surface area contributed by atoms with Gasteiger partial charge in [-0.25, -0.2) is 8.78 Å². The Morgan fingerprint density at radius 3 is 2.41 bits per heavy atom. The minimum Gasteiger partial charge on any atom is -0.317 e. The molecular weight excluding hydrogens is 290 g/mol. The summed E-state index contributed by atoms with van der Waals surface area (Å²) in [7, 11) is 0. The molecule has 0 atom stereocenters. The lowest BCUT2D eigenvalue weighted by atomic mass is 10.1. The van der Waals surface area contributed by atoms with E-state index < -0.39 is 11.8 Å². The van der Waals surface area contributed by atoms with Crippen LogP contribution in [0.5, 0.6) is 0 Å². The molecule has 0 aliphatic rings. The van der Waals surface area contributed by atoms with E-state index in [2.05, 4.69) is 5.32 Å². The van der Waals surface area contributed by atoms with Crippen LogP contribution < -0.4 is 10.9 Å². The highest BCUT2D eigenvalue weighted by atomic mass is 19.3. The molecule has 0 saturated heterocycles. The number of aromatic nitrogens is 1. The molecule has 0 radical (unpaired) electrons. The van der Waals surface area contributed by atoms with Gasteiger partial charge in [-0.1, -0.05) is 12.1 Å². The average Bonchev–Trinajstić information content (AvgIpc) is 2.48. The quantitative estimate of drug-likeness (QED) is 0.943. The standard InChI is InChI=1S/C16H16F2N2O2/c1-3-20-10-4-5-13(15(20)22)19-14(21)11-6-8-12(9-7-11)16(2,17)18/h4-10H,3H2,1-2H3,(H,19,21). The van der Waals surface area contributed by atoms with Gasteiger partial charge in [0.15, 0.2) is 0 Å². The molecule has 0 spiro atoms. The van der Waals surface area contributed by atoms with Gasteiger partial charge in [0.25, 0.3) is 17.4 Å². The van der Waals surface area contributed by atoms with Crippen molar-refractivity contribution in [1.82, 2.24) is 4.57 Å². The summed E-state index contributed by atoms with van der Waals surface area (Å²) in [6.07, 6.45) is 1.62. The SMILES string of the molecule is CCn1cccc(NC(=O)c2ccc(C(C)(F)F)cc2)c1=O. The summed E-state index contributed by atoms with van der Waals surface area (Å²) < 4.78 is 27.7. The number of pyridine rings is 1. The highest BCUT2D eigenvalue weighted by Crippen LogP contribution is 2.26. The molecule has 1 aromatic heterocycles. The zero-order chi connectivity index (χ0) is 16.3. The third-order valence-corrected chi connectivity index (χ3v) is 3.26. The Morgan fingerprint density at radius 1 is 1.23 bits per heavy atom. The second-order valence-electron chi connectivity index (χ2n) is 4.93. The largest absolute Gasteiger partial charge is 0.317 e. The van der Waals surface area contributed by atoms with Crippen molar-refractivity contribution in [2.45, 2.75) is 26.3 Å². The van der Waals surface area contributed by atoms with E-state index in [0.29, 0.717) is 6.54 Å². The number of aryl methyl sites for hydroxylation is 1. The summed E-state index contributed by atoms with van der Waals surface area (Å²) in [6, 6.07) is 8.17. The van der Waals surface area contributed by atoms with Gasteiger partial charge < -0.3 is 9.88 Å².